The van der Waals surface area contributed by atoms with Gasteiger partial charge in [-0.3, -0.25) is 9.59 Å². The zero-order chi connectivity index (χ0) is 23.3. The summed E-state index contributed by atoms with van der Waals surface area (Å²) in [6.07, 6.45) is 2.59. The average molecular weight is 459 g/mol. The number of anilines is 2. The minimum Gasteiger partial charge on any atom is -0.462 e. The van der Waals surface area contributed by atoms with Gasteiger partial charge in [-0.1, -0.05) is 6.92 Å². The second-order valence-electron chi connectivity index (χ2n) is 7.66. The summed E-state index contributed by atoms with van der Waals surface area (Å²) in [5.41, 5.74) is 2.15. The summed E-state index contributed by atoms with van der Waals surface area (Å²) in [4.78, 5) is 49.4. The number of thiophene rings is 1. The van der Waals surface area contributed by atoms with Gasteiger partial charge in [-0.05, 0) is 61.9 Å². The molecule has 0 bridgehead atoms. The largest absolute Gasteiger partial charge is 0.462 e. The summed E-state index contributed by atoms with van der Waals surface area (Å²) in [7, 11) is 0. The predicted octanol–water partition coefficient (Wildman–Crippen LogP) is 3.80. The fourth-order valence-electron chi connectivity index (χ4n) is 3.53. The second-order valence-corrected chi connectivity index (χ2v) is 8.76. The van der Waals surface area contributed by atoms with Crippen LogP contribution in [-0.4, -0.2) is 37.0 Å². The number of nitrogens with one attached hydrogen (secondary N) is 2. The first-order valence-electron chi connectivity index (χ1n) is 10.4. The SMILES string of the molecule is CCOC(=O)c1c(NC(=O)COC(=O)c2ccc(NC(C)=O)cc2)sc2c1CCC(C)C2. The first-order valence-corrected chi connectivity index (χ1v) is 11.3. The summed E-state index contributed by atoms with van der Waals surface area (Å²) in [5.74, 6) is -1.36. The number of amides is 2. The first kappa shape index (κ1) is 23.5. The summed E-state index contributed by atoms with van der Waals surface area (Å²) in [6, 6.07) is 6.14. The van der Waals surface area contributed by atoms with Crippen molar-refractivity contribution < 1.29 is 28.7 Å². The summed E-state index contributed by atoms with van der Waals surface area (Å²) < 4.78 is 10.3. The van der Waals surface area contributed by atoms with Crippen LogP contribution < -0.4 is 10.6 Å². The van der Waals surface area contributed by atoms with Gasteiger partial charge in [0.1, 0.15) is 5.00 Å². The van der Waals surface area contributed by atoms with Crippen LogP contribution in [0.3, 0.4) is 0 Å². The fourth-order valence-corrected chi connectivity index (χ4v) is 4.94. The van der Waals surface area contributed by atoms with Crippen molar-refractivity contribution >= 4 is 45.8 Å². The molecule has 0 saturated carbocycles. The van der Waals surface area contributed by atoms with Gasteiger partial charge in [0.05, 0.1) is 17.7 Å². The Morgan fingerprint density at radius 3 is 2.44 bits per heavy atom. The molecule has 32 heavy (non-hydrogen) atoms. The van der Waals surface area contributed by atoms with Crippen molar-refractivity contribution in [2.45, 2.75) is 40.0 Å². The van der Waals surface area contributed by atoms with Crippen molar-refractivity contribution in [3.8, 4) is 0 Å². The maximum absolute atomic E-state index is 12.5. The lowest BCUT2D eigenvalue weighted by atomic mass is 9.88. The van der Waals surface area contributed by atoms with Crippen LogP contribution in [0.4, 0.5) is 10.7 Å². The smallest absolute Gasteiger partial charge is 0.341 e. The van der Waals surface area contributed by atoms with Crippen LogP contribution in [0, 0.1) is 5.92 Å². The lowest BCUT2D eigenvalue weighted by Gasteiger charge is -2.18. The van der Waals surface area contributed by atoms with E-state index in [0.29, 0.717) is 22.2 Å². The minimum atomic E-state index is -0.667. The van der Waals surface area contributed by atoms with Gasteiger partial charge in [0.15, 0.2) is 6.61 Å². The molecule has 3 rings (SSSR count). The second kappa shape index (κ2) is 10.4. The number of carbonyl (C=O) groups is 4. The number of fused-ring (bicyclic) bond motifs is 1. The topological polar surface area (TPSA) is 111 Å². The van der Waals surface area contributed by atoms with Crippen molar-refractivity contribution in [1.29, 1.82) is 0 Å². The highest BCUT2D eigenvalue weighted by Crippen LogP contribution is 2.40. The molecule has 0 radical (unpaired) electrons. The van der Waals surface area contributed by atoms with Gasteiger partial charge < -0.3 is 20.1 Å². The van der Waals surface area contributed by atoms with Crippen molar-refractivity contribution in [2.24, 2.45) is 5.92 Å². The Hall–Kier alpha value is -3.20. The summed E-state index contributed by atoms with van der Waals surface area (Å²) in [5, 5.41) is 5.75. The zero-order valence-corrected chi connectivity index (χ0v) is 19.1. The van der Waals surface area contributed by atoms with E-state index < -0.39 is 24.5 Å². The molecule has 2 aromatic rings. The van der Waals surface area contributed by atoms with Gasteiger partial charge in [0.25, 0.3) is 5.91 Å². The molecule has 1 atom stereocenters. The van der Waals surface area contributed by atoms with Crippen molar-refractivity contribution in [2.75, 3.05) is 23.8 Å². The molecule has 0 spiro atoms. The highest BCUT2D eigenvalue weighted by Gasteiger charge is 2.29. The van der Waals surface area contributed by atoms with Gasteiger partial charge >= 0.3 is 11.9 Å². The zero-order valence-electron chi connectivity index (χ0n) is 18.3. The lowest BCUT2D eigenvalue weighted by Crippen LogP contribution is -2.22. The van der Waals surface area contributed by atoms with Crippen LogP contribution in [0.2, 0.25) is 0 Å². The van der Waals surface area contributed by atoms with E-state index in [-0.39, 0.29) is 18.1 Å². The molecule has 1 aliphatic rings. The van der Waals surface area contributed by atoms with Gasteiger partial charge in [-0.2, -0.15) is 0 Å². The van der Waals surface area contributed by atoms with Crippen LogP contribution in [0.25, 0.3) is 0 Å². The normalized spacial score (nSPS) is 14.8. The Morgan fingerprint density at radius 2 is 1.78 bits per heavy atom. The van der Waals surface area contributed by atoms with Crippen LogP contribution >= 0.6 is 11.3 Å². The Labute approximate surface area is 190 Å². The minimum absolute atomic E-state index is 0.219. The third-order valence-corrected chi connectivity index (χ3v) is 6.19. The molecule has 1 aromatic heterocycles. The van der Waals surface area contributed by atoms with Gasteiger partial charge in [0, 0.05) is 17.5 Å². The Bertz CT molecular complexity index is 1030. The fraction of sp³-hybridized carbons (Fsp3) is 0.391. The highest BCUT2D eigenvalue weighted by molar-refractivity contribution is 7.17. The molecule has 2 N–H and O–H groups in total. The number of hydrogen-bond donors (Lipinski definition) is 2. The van der Waals surface area contributed by atoms with E-state index in [2.05, 4.69) is 17.6 Å². The molecule has 1 unspecified atom stereocenters. The number of hydrogen-bond acceptors (Lipinski definition) is 7. The molecule has 1 heterocycles. The average Bonchev–Trinajstić information content (AvgIpc) is 3.09. The molecule has 8 nitrogen and oxygen atoms in total. The molecular formula is C23H26N2O6S. The third kappa shape index (κ3) is 5.73. The Balaban J connectivity index is 1.65. The predicted molar refractivity (Wildman–Crippen MR) is 121 cm³/mol. The number of carbonyl (C=O) groups excluding carboxylic acids is 4. The number of rotatable bonds is 7. The summed E-state index contributed by atoms with van der Waals surface area (Å²) >= 11 is 1.38. The van der Waals surface area contributed by atoms with Crippen molar-refractivity contribution in [1.82, 2.24) is 0 Å². The van der Waals surface area contributed by atoms with Gasteiger partial charge in [0.2, 0.25) is 5.91 Å². The molecule has 0 fully saturated rings. The molecule has 1 aromatic carbocycles. The third-order valence-electron chi connectivity index (χ3n) is 5.02. The molecule has 1 aliphatic carbocycles. The first-order chi connectivity index (χ1) is 15.3. The highest BCUT2D eigenvalue weighted by atomic mass is 32.1. The van der Waals surface area contributed by atoms with Crippen molar-refractivity contribution in [3.05, 3.63) is 45.8 Å². The van der Waals surface area contributed by atoms with E-state index in [0.717, 1.165) is 29.7 Å². The van der Waals surface area contributed by atoms with Crippen LogP contribution in [0.5, 0.6) is 0 Å². The molecule has 9 heteroatoms. The van der Waals surface area contributed by atoms with Gasteiger partial charge in [-0.25, -0.2) is 9.59 Å². The van der Waals surface area contributed by atoms with E-state index in [4.69, 9.17) is 9.47 Å². The number of ether oxygens (including phenoxy) is 2. The Morgan fingerprint density at radius 1 is 1.06 bits per heavy atom. The van der Waals surface area contributed by atoms with E-state index in [1.807, 2.05) is 0 Å². The lowest BCUT2D eigenvalue weighted by molar-refractivity contribution is -0.119. The van der Waals surface area contributed by atoms with E-state index in [9.17, 15) is 19.2 Å². The number of esters is 2. The molecular weight excluding hydrogens is 432 g/mol. The van der Waals surface area contributed by atoms with Crippen LogP contribution in [0.1, 0.15) is 58.3 Å². The summed E-state index contributed by atoms with van der Waals surface area (Å²) in [6.45, 7) is 5.03. The van der Waals surface area contributed by atoms with Crippen LogP contribution in [0.15, 0.2) is 24.3 Å². The molecule has 170 valence electrons. The van der Waals surface area contributed by atoms with Crippen LogP contribution in [-0.2, 0) is 31.9 Å². The van der Waals surface area contributed by atoms with E-state index in [1.54, 1.807) is 19.1 Å². The molecule has 0 saturated heterocycles. The maximum Gasteiger partial charge on any atom is 0.341 e. The quantitative estimate of drug-likeness (QED) is 0.611. The van der Waals surface area contributed by atoms with Crippen molar-refractivity contribution in [3.63, 3.8) is 0 Å². The molecule has 2 amide bonds. The van der Waals surface area contributed by atoms with E-state index >= 15 is 0 Å². The maximum atomic E-state index is 12.5. The monoisotopic (exact) mass is 458 g/mol. The van der Waals surface area contributed by atoms with E-state index in [1.165, 1.54) is 30.4 Å². The molecule has 0 aliphatic heterocycles. The number of benzene rings is 1. The van der Waals surface area contributed by atoms with Gasteiger partial charge in [-0.15, -0.1) is 11.3 Å². The Kier molecular flexibility index (Phi) is 7.63. The standard InChI is InChI=1S/C23H26N2O6S/c1-4-30-23(29)20-17-10-5-13(2)11-18(17)32-21(20)25-19(27)12-31-22(28)15-6-8-16(9-7-15)24-14(3)26/h6-9,13H,4-5,10-12H2,1-3H3,(H,24,26)(H,25,27).